The van der Waals surface area contributed by atoms with Crippen molar-refractivity contribution in [3.63, 3.8) is 0 Å². The first-order chi connectivity index (χ1) is 9.15. The molecule has 8 heteroatoms. The average Bonchev–Trinajstić information content (AvgIpc) is 2.78. The third kappa shape index (κ3) is 2.47. The Morgan fingerprint density at radius 1 is 1.05 bits per heavy atom. The molecule has 3 aromatic rings. The summed E-state index contributed by atoms with van der Waals surface area (Å²) in [7, 11) is 0. The largest absolute Gasteiger partial charge is 0.329 e. The minimum absolute atomic E-state index is 0.319. The molecule has 19 heavy (non-hydrogen) atoms. The van der Waals surface area contributed by atoms with Crippen LogP contribution in [0.1, 0.15) is 0 Å². The van der Waals surface area contributed by atoms with Gasteiger partial charge in [-0.15, -0.1) is 0 Å². The number of benzene rings is 1. The number of nitrogens with zero attached hydrogens (tertiary/aromatic N) is 3. The lowest BCUT2D eigenvalue weighted by molar-refractivity contribution is 1.22. The molecule has 1 aromatic carbocycles. The molecule has 0 saturated heterocycles. The smallest absolute Gasteiger partial charge is 0.189 e. The third-order valence-corrected chi connectivity index (χ3v) is 4.13. The lowest BCUT2D eigenvalue weighted by Gasteiger charge is -2.06. The van der Waals surface area contributed by atoms with Crippen molar-refractivity contribution in [2.75, 3.05) is 5.32 Å². The maximum absolute atomic E-state index is 6.09. The SMILES string of the molecule is Clc1cccc(Cl)c1Nc1nc2c(Cl)ncnc2s1. The van der Waals surface area contributed by atoms with E-state index in [9.17, 15) is 0 Å². The van der Waals surface area contributed by atoms with Crippen LogP contribution in [0.2, 0.25) is 15.2 Å². The Kier molecular flexibility index (Phi) is 3.45. The summed E-state index contributed by atoms with van der Waals surface area (Å²) in [6, 6.07) is 5.27. The van der Waals surface area contributed by atoms with E-state index in [4.69, 9.17) is 34.8 Å². The molecule has 0 amide bonds. The molecule has 0 atom stereocenters. The molecule has 0 saturated carbocycles. The molecule has 0 aliphatic heterocycles. The van der Waals surface area contributed by atoms with E-state index in [0.29, 0.717) is 36.4 Å². The zero-order valence-corrected chi connectivity index (χ0v) is 12.3. The molecule has 96 valence electrons. The highest BCUT2D eigenvalue weighted by atomic mass is 35.5. The second-order valence-electron chi connectivity index (χ2n) is 3.56. The van der Waals surface area contributed by atoms with Crippen molar-refractivity contribution in [1.29, 1.82) is 0 Å². The second kappa shape index (κ2) is 5.09. The van der Waals surface area contributed by atoms with Crippen molar-refractivity contribution in [3.8, 4) is 0 Å². The number of rotatable bonds is 2. The number of thiazole rings is 1. The van der Waals surface area contributed by atoms with Crippen molar-refractivity contribution >= 4 is 67.3 Å². The fraction of sp³-hybridized carbons (Fsp3) is 0. The van der Waals surface area contributed by atoms with Crippen molar-refractivity contribution in [2.24, 2.45) is 0 Å². The number of para-hydroxylation sites is 1. The van der Waals surface area contributed by atoms with Gasteiger partial charge in [0.25, 0.3) is 0 Å². The number of aromatic nitrogens is 3. The van der Waals surface area contributed by atoms with Crippen LogP contribution in [0.4, 0.5) is 10.8 Å². The quantitative estimate of drug-likeness (QED) is 0.686. The predicted molar refractivity (Wildman–Crippen MR) is 80.0 cm³/mol. The van der Waals surface area contributed by atoms with Gasteiger partial charge in [-0.05, 0) is 12.1 Å². The van der Waals surface area contributed by atoms with Gasteiger partial charge in [0.15, 0.2) is 10.3 Å². The van der Waals surface area contributed by atoms with E-state index in [0.717, 1.165) is 0 Å². The van der Waals surface area contributed by atoms with Crippen molar-refractivity contribution < 1.29 is 0 Å². The minimum atomic E-state index is 0.319. The fourth-order valence-electron chi connectivity index (χ4n) is 1.50. The van der Waals surface area contributed by atoms with E-state index in [-0.39, 0.29) is 0 Å². The fourth-order valence-corrected chi connectivity index (χ4v) is 3.04. The Bertz CT molecular complexity index is 739. The van der Waals surface area contributed by atoms with Gasteiger partial charge in [-0.1, -0.05) is 52.2 Å². The first-order valence-electron chi connectivity index (χ1n) is 5.13. The highest BCUT2D eigenvalue weighted by molar-refractivity contribution is 7.21. The topological polar surface area (TPSA) is 50.7 Å². The van der Waals surface area contributed by atoms with E-state index >= 15 is 0 Å². The zero-order valence-electron chi connectivity index (χ0n) is 9.19. The summed E-state index contributed by atoms with van der Waals surface area (Å²) >= 11 is 19.5. The summed E-state index contributed by atoms with van der Waals surface area (Å²) in [5.41, 5.74) is 1.16. The van der Waals surface area contributed by atoms with Crippen LogP contribution in [0, 0.1) is 0 Å². The van der Waals surface area contributed by atoms with E-state index in [2.05, 4.69) is 20.3 Å². The first-order valence-corrected chi connectivity index (χ1v) is 7.08. The van der Waals surface area contributed by atoms with E-state index in [1.54, 1.807) is 18.2 Å². The predicted octanol–water partition coefficient (Wildman–Crippen LogP) is 4.79. The molecule has 1 N–H and O–H groups in total. The summed E-state index contributed by atoms with van der Waals surface area (Å²) < 4.78 is 0. The highest BCUT2D eigenvalue weighted by Gasteiger charge is 2.12. The molecule has 0 unspecified atom stereocenters. The first kappa shape index (κ1) is 12.9. The van der Waals surface area contributed by atoms with Crippen LogP contribution in [0.5, 0.6) is 0 Å². The van der Waals surface area contributed by atoms with Crippen LogP contribution in [0.15, 0.2) is 24.5 Å². The molecule has 0 spiro atoms. The monoisotopic (exact) mass is 330 g/mol. The van der Waals surface area contributed by atoms with Crippen molar-refractivity contribution in [3.05, 3.63) is 39.7 Å². The summed E-state index contributed by atoms with van der Waals surface area (Å²) in [6.07, 6.45) is 1.40. The molecule has 0 aliphatic carbocycles. The molecule has 2 aromatic heterocycles. The van der Waals surface area contributed by atoms with E-state index in [1.807, 2.05) is 0 Å². The zero-order chi connectivity index (χ0) is 13.4. The molecule has 3 rings (SSSR count). The molecule has 0 bridgehead atoms. The van der Waals surface area contributed by atoms with Gasteiger partial charge in [0.1, 0.15) is 16.7 Å². The normalized spacial score (nSPS) is 10.9. The number of fused-ring (bicyclic) bond motifs is 1. The lowest BCUT2D eigenvalue weighted by atomic mass is 10.3. The number of nitrogens with one attached hydrogen (secondary N) is 1. The van der Waals surface area contributed by atoms with Gasteiger partial charge in [-0.25, -0.2) is 15.0 Å². The van der Waals surface area contributed by atoms with Gasteiger partial charge >= 0.3 is 0 Å². The Morgan fingerprint density at radius 2 is 1.79 bits per heavy atom. The Hall–Kier alpha value is -1.14. The molecular weight excluding hydrogens is 327 g/mol. The summed E-state index contributed by atoms with van der Waals surface area (Å²) in [6.45, 7) is 0. The Morgan fingerprint density at radius 3 is 2.47 bits per heavy atom. The summed E-state index contributed by atoms with van der Waals surface area (Å²) in [4.78, 5) is 13.0. The van der Waals surface area contributed by atoms with Gasteiger partial charge in [0, 0.05) is 0 Å². The average molecular weight is 332 g/mol. The van der Waals surface area contributed by atoms with E-state index < -0.39 is 0 Å². The summed E-state index contributed by atoms with van der Waals surface area (Å²) in [5.74, 6) is 0. The van der Waals surface area contributed by atoms with Crippen LogP contribution in [0.3, 0.4) is 0 Å². The van der Waals surface area contributed by atoms with Crippen LogP contribution < -0.4 is 5.32 Å². The van der Waals surface area contributed by atoms with Gasteiger partial charge in [0.05, 0.1) is 15.7 Å². The van der Waals surface area contributed by atoms with Gasteiger partial charge in [-0.3, -0.25) is 0 Å². The third-order valence-electron chi connectivity index (χ3n) is 2.35. The van der Waals surface area contributed by atoms with Gasteiger partial charge in [0.2, 0.25) is 0 Å². The van der Waals surface area contributed by atoms with Crippen LogP contribution >= 0.6 is 46.1 Å². The van der Waals surface area contributed by atoms with Crippen LogP contribution in [0.25, 0.3) is 10.3 Å². The molecule has 0 fully saturated rings. The summed E-state index contributed by atoms with van der Waals surface area (Å²) in [5, 5.41) is 5.03. The molecule has 4 nitrogen and oxygen atoms in total. The van der Waals surface area contributed by atoms with Gasteiger partial charge < -0.3 is 5.32 Å². The molecular formula is C11H5Cl3N4S. The Labute approximate surface area is 127 Å². The number of anilines is 2. The van der Waals surface area contributed by atoms with Gasteiger partial charge in [-0.2, -0.15) is 0 Å². The van der Waals surface area contributed by atoms with Crippen LogP contribution in [-0.4, -0.2) is 15.0 Å². The Balaban J connectivity index is 2.04. The molecule has 0 aliphatic rings. The molecule has 2 heterocycles. The maximum atomic E-state index is 6.09. The lowest BCUT2D eigenvalue weighted by Crippen LogP contribution is -1.91. The van der Waals surface area contributed by atoms with E-state index in [1.165, 1.54) is 17.7 Å². The maximum Gasteiger partial charge on any atom is 0.189 e. The van der Waals surface area contributed by atoms with Crippen molar-refractivity contribution in [2.45, 2.75) is 0 Å². The highest BCUT2D eigenvalue weighted by Crippen LogP contribution is 2.35. The second-order valence-corrected chi connectivity index (χ2v) is 5.71. The number of hydrogen-bond donors (Lipinski definition) is 1. The van der Waals surface area contributed by atoms with Crippen LogP contribution in [-0.2, 0) is 0 Å². The van der Waals surface area contributed by atoms with Crippen molar-refractivity contribution in [1.82, 2.24) is 15.0 Å². The number of halogens is 3. The molecule has 0 radical (unpaired) electrons. The minimum Gasteiger partial charge on any atom is -0.329 e. The number of hydrogen-bond acceptors (Lipinski definition) is 5. The standard InChI is InChI=1S/C11H5Cl3N4S/c12-5-2-1-3-6(13)7(5)17-11-18-8-9(14)15-4-16-10(8)19-11/h1-4H,(H,17,18).